The Morgan fingerprint density at radius 1 is 1.14 bits per heavy atom. The smallest absolute Gasteiger partial charge is 0.416 e. The van der Waals surface area contributed by atoms with Gasteiger partial charge in [-0.1, -0.05) is 18.2 Å². The number of rotatable bonds is 5. The Kier molecular flexibility index (Phi) is 7.04. The monoisotopic (exact) mass is 549 g/mol. The van der Waals surface area contributed by atoms with Crippen molar-refractivity contribution in [3.8, 4) is 21.9 Å². The van der Waals surface area contributed by atoms with Gasteiger partial charge in [0.1, 0.15) is 18.9 Å². The molecule has 1 saturated heterocycles. The second-order valence-electron chi connectivity index (χ2n) is 8.35. The first-order valence-corrected chi connectivity index (χ1v) is 13.3. The Balaban J connectivity index is 1.31. The number of amides is 2. The number of benzene rings is 2. The average molecular weight is 550 g/mol. The van der Waals surface area contributed by atoms with Crippen molar-refractivity contribution in [2.75, 3.05) is 32.1 Å². The van der Waals surface area contributed by atoms with Crippen LogP contribution in [0.4, 0.5) is 13.2 Å². The molecule has 1 unspecified atom stereocenters. The maximum atomic E-state index is 13.5. The number of carbonyl (C=O) groups excluding carboxylic acids is 2. The summed E-state index contributed by atoms with van der Waals surface area (Å²) < 4.78 is 50.1. The van der Waals surface area contributed by atoms with E-state index in [1.807, 2.05) is 0 Å². The minimum atomic E-state index is -4.44. The van der Waals surface area contributed by atoms with Gasteiger partial charge in [-0.25, -0.2) is 4.98 Å². The van der Waals surface area contributed by atoms with Gasteiger partial charge >= 0.3 is 6.18 Å². The number of alkyl halides is 3. The molecule has 194 valence electrons. The van der Waals surface area contributed by atoms with Crippen molar-refractivity contribution in [3.05, 3.63) is 64.3 Å². The summed E-state index contributed by atoms with van der Waals surface area (Å²) in [5.74, 6) is 0.940. The number of halogens is 3. The van der Waals surface area contributed by atoms with Crippen LogP contribution in [-0.4, -0.2) is 59.1 Å². The van der Waals surface area contributed by atoms with Gasteiger partial charge in [-0.05, 0) is 36.8 Å². The van der Waals surface area contributed by atoms with Crippen molar-refractivity contribution in [1.29, 1.82) is 0 Å². The lowest BCUT2D eigenvalue weighted by atomic mass is 10.1. The third-order valence-electron chi connectivity index (χ3n) is 5.91. The number of nitrogens with one attached hydrogen (secondary N) is 1. The number of nitrogens with zero attached hydrogens (tertiary/aromatic N) is 2. The molecule has 2 aliphatic rings. The van der Waals surface area contributed by atoms with Gasteiger partial charge in [0, 0.05) is 18.8 Å². The van der Waals surface area contributed by atoms with Crippen LogP contribution in [0.5, 0.6) is 11.5 Å². The molecule has 0 spiro atoms. The van der Waals surface area contributed by atoms with E-state index in [1.165, 1.54) is 35.2 Å². The van der Waals surface area contributed by atoms with E-state index in [-0.39, 0.29) is 29.4 Å². The Labute approximate surface area is 219 Å². The molecule has 0 saturated carbocycles. The minimum absolute atomic E-state index is 0.198. The predicted molar refractivity (Wildman–Crippen MR) is 134 cm³/mol. The van der Waals surface area contributed by atoms with Crippen molar-refractivity contribution in [3.63, 3.8) is 0 Å². The minimum Gasteiger partial charge on any atom is -0.486 e. The van der Waals surface area contributed by atoms with Crippen molar-refractivity contribution < 1.29 is 32.2 Å². The fourth-order valence-electron chi connectivity index (χ4n) is 4.16. The van der Waals surface area contributed by atoms with Crippen LogP contribution in [0.25, 0.3) is 10.4 Å². The summed E-state index contributed by atoms with van der Waals surface area (Å²) in [5, 5.41) is 3.19. The fraction of sp³-hybridized carbons (Fsp3) is 0.320. The molecule has 0 aliphatic carbocycles. The normalized spacial score (nSPS) is 17.1. The number of aryl methyl sites for hydroxylation is 1. The third-order valence-corrected chi connectivity index (χ3v) is 8.15. The van der Waals surface area contributed by atoms with Gasteiger partial charge in [0.15, 0.2) is 11.5 Å². The van der Waals surface area contributed by atoms with Gasteiger partial charge in [0.05, 0.1) is 26.4 Å². The van der Waals surface area contributed by atoms with Crippen LogP contribution >= 0.6 is 23.1 Å². The highest BCUT2D eigenvalue weighted by atomic mass is 32.2. The largest absolute Gasteiger partial charge is 0.486 e. The zero-order chi connectivity index (χ0) is 26.2. The molecule has 12 heteroatoms. The van der Waals surface area contributed by atoms with Crippen LogP contribution in [0.15, 0.2) is 42.5 Å². The lowest BCUT2D eigenvalue weighted by Gasteiger charge is -2.24. The third kappa shape index (κ3) is 5.26. The molecule has 7 nitrogen and oxygen atoms in total. The van der Waals surface area contributed by atoms with Crippen molar-refractivity contribution >= 4 is 34.9 Å². The van der Waals surface area contributed by atoms with E-state index in [4.69, 9.17) is 9.47 Å². The van der Waals surface area contributed by atoms with Crippen molar-refractivity contribution in [2.45, 2.75) is 18.5 Å². The number of para-hydroxylation sites is 1. The second-order valence-corrected chi connectivity index (χ2v) is 10.8. The summed E-state index contributed by atoms with van der Waals surface area (Å²) in [4.78, 5) is 33.0. The summed E-state index contributed by atoms with van der Waals surface area (Å²) in [6, 6.07) is 9.82. The van der Waals surface area contributed by atoms with Crippen LogP contribution in [-0.2, 0) is 6.18 Å². The molecule has 37 heavy (non-hydrogen) atoms. The topological polar surface area (TPSA) is 80.8 Å². The molecular formula is C25H22F3N3O4S2. The first-order valence-electron chi connectivity index (χ1n) is 11.5. The molecule has 5 rings (SSSR count). The molecule has 2 aliphatic heterocycles. The number of hydrogen-bond donors (Lipinski definition) is 1. The number of thiazole rings is 1. The van der Waals surface area contributed by atoms with Gasteiger partial charge < -0.3 is 19.7 Å². The van der Waals surface area contributed by atoms with E-state index in [1.54, 1.807) is 30.0 Å². The lowest BCUT2D eigenvalue weighted by molar-refractivity contribution is -0.137. The molecule has 1 fully saturated rings. The number of carbonyl (C=O) groups is 2. The van der Waals surface area contributed by atoms with Crippen LogP contribution in [0.3, 0.4) is 0 Å². The number of aromatic nitrogens is 1. The number of fused-ring (bicyclic) bond motifs is 1. The number of hydrogen-bond acceptors (Lipinski definition) is 7. The van der Waals surface area contributed by atoms with Crippen molar-refractivity contribution in [2.24, 2.45) is 0 Å². The Morgan fingerprint density at radius 2 is 1.89 bits per heavy atom. The Hall–Kier alpha value is -3.25. The lowest BCUT2D eigenvalue weighted by Crippen LogP contribution is -2.42. The predicted octanol–water partition coefficient (Wildman–Crippen LogP) is 4.85. The highest BCUT2D eigenvalue weighted by molar-refractivity contribution is 8.00. The standard InChI is InChI=1S/C25H22F3N3O4S2/c1-14-30-20(22(37-14)15-5-7-16(8-6-15)25(26,27)28)24(33)31-9-12-36-19(31)13-29-23(32)17-3-2-4-18-21(17)35-11-10-34-18/h2-8,19H,9-13H2,1H3,(H,29,32). The van der Waals surface area contributed by atoms with E-state index < -0.39 is 11.7 Å². The van der Waals surface area contributed by atoms with Gasteiger partial charge in [-0.15, -0.1) is 23.1 Å². The summed E-state index contributed by atoms with van der Waals surface area (Å²) in [6.45, 7) is 3.19. The quantitative estimate of drug-likeness (QED) is 0.490. The van der Waals surface area contributed by atoms with Crippen LogP contribution in [0.2, 0.25) is 0 Å². The maximum Gasteiger partial charge on any atom is 0.416 e. The molecule has 3 aromatic rings. The molecule has 1 N–H and O–H groups in total. The molecule has 0 radical (unpaired) electrons. The SMILES string of the molecule is Cc1nc(C(=O)N2CCSC2CNC(=O)c2cccc3c2OCCO3)c(-c2ccc(C(F)(F)F)cc2)s1. The second kappa shape index (κ2) is 10.3. The Morgan fingerprint density at radius 3 is 2.65 bits per heavy atom. The van der Waals surface area contributed by atoms with E-state index >= 15 is 0 Å². The van der Waals surface area contributed by atoms with Gasteiger partial charge in [0.2, 0.25) is 0 Å². The highest BCUT2D eigenvalue weighted by Gasteiger charge is 2.34. The van der Waals surface area contributed by atoms with Gasteiger partial charge in [0.25, 0.3) is 11.8 Å². The van der Waals surface area contributed by atoms with Gasteiger partial charge in [-0.2, -0.15) is 13.2 Å². The number of thioether (sulfide) groups is 1. The first-order chi connectivity index (χ1) is 17.7. The maximum absolute atomic E-state index is 13.5. The van der Waals surface area contributed by atoms with Crippen molar-refractivity contribution in [1.82, 2.24) is 15.2 Å². The Bertz CT molecular complexity index is 1330. The summed E-state index contributed by atoms with van der Waals surface area (Å²) in [7, 11) is 0. The van der Waals surface area contributed by atoms with E-state index in [0.29, 0.717) is 58.0 Å². The molecule has 1 aromatic heterocycles. The van der Waals surface area contributed by atoms with E-state index in [2.05, 4.69) is 10.3 Å². The molecule has 3 heterocycles. The molecule has 2 amide bonds. The zero-order valence-corrected chi connectivity index (χ0v) is 21.3. The summed E-state index contributed by atoms with van der Waals surface area (Å²) in [5.41, 5.74) is 0.296. The van der Waals surface area contributed by atoms with Crippen LogP contribution in [0.1, 0.15) is 31.4 Å². The van der Waals surface area contributed by atoms with E-state index in [0.717, 1.165) is 12.1 Å². The van der Waals surface area contributed by atoms with Crippen LogP contribution < -0.4 is 14.8 Å². The zero-order valence-electron chi connectivity index (χ0n) is 19.6. The van der Waals surface area contributed by atoms with E-state index in [9.17, 15) is 22.8 Å². The number of ether oxygens (including phenoxy) is 2. The average Bonchev–Trinajstić information content (AvgIpc) is 3.52. The molecular weight excluding hydrogens is 527 g/mol. The molecule has 1 atom stereocenters. The summed E-state index contributed by atoms with van der Waals surface area (Å²) in [6.07, 6.45) is -4.44. The first kappa shape index (κ1) is 25.4. The molecule has 0 bridgehead atoms. The highest BCUT2D eigenvalue weighted by Crippen LogP contribution is 2.36. The summed E-state index contributed by atoms with van der Waals surface area (Å²) >= 11 is 2.79. The van der Waals surface area contributed by atoms with Crippen LogP contribution in [0, 0.1) is 6.92 Å². The molecule has 2 aromatic carbocycles. The fourth-order valence-corrected chi connectivity index (χ4v) is 6.24. The van der Waals surface area contributed by atoms with Gasteiger partial charge in [-0.3, -0.25) is 9.59 Å².